The summed E-state index contributed by atoms with van der Waals surface area (Å²) < 4.78 is 32.7. The fourth-order valence-electron chi connectivity index (χ4n) is 5.22. The van der Waals surface area contributed by atoms with E-state index in [0.717, 1.165) is 89.9 Å². The number of phosphoric acid groups is 1. The normalized spacial score (nSPS) is 14.7. The van der Waals surface area contributed by atoms with Gasteiger partial charge in [-0.3, -0.25) is 18.6 Å². The van der Waals surface area contributed by atoms with E-state index in [0.29, 0.717) is 12.8 Å². The van der Waals surface area contributed by atoms with Crippen molar-refractivity contribution < 1.29 is 47.8 Å². The highest BCUT2D eigenvalue weighted by Crippen LogP contribution is 2.43. The predicted molar refractivity (Wildman–Crippen MR) is 233 cm³/mol. The molecule has 0 spiro atoms. The molecule has 0 rings (SSSR count). The summed E-state index contributed by atoms with van der Waals surface area (Å²) in [6.45, 7) is 2.16. The Morgan fingerprint density at radius 1 is 0.544 bits per heavy atom. The highest BCUT2D eigenvalue weighted by molar-refractivity contribution is 7.47. The lowest BCUT2D eigenvalue weighted by molar-refractivity contribution is -0.161. The van der Waals surface area contributed by atoms with Crippen LogP contribution in [0.25, 0.3) is 0 Å². The first-order valence-corrected chi connectivity index (χ1v) is 23.0. The van der Waals surface area contributed by atoms with Gasteiger partial charge < -0.3 is 24.6 Å². The standard InChI is InChI=1S/C46H77O10P/c1-3-5-7-9-11-13-15-17-19-20-21-22-24-25-27-29-31-33-35-37-45(49)53-41-44(42-55-57(51,52)54-40-43(48)39-47)56-46(50)38-36-34-32-30-28-26-23-18-16-14-12-10-8-6-4-2/h6,8,11-14,17-19,21-23,25,27,43-44,47-48H,3-5,7,9-10,15-16,20,24,26,28-42H2,1-2H3,(H,51,52)/b8-6-,13-11-,14-12-,19-17-,22-21-,23-18-,27-25-/t43-,44+/m0/s1. The van der Waals surface area contributed by atoms with E-state index in [1.165, 1.54) is 25.7 Å². The van der Waals surface area contributed by atoms with Crippen LogP contribution in [0.1, 0.15) is 155 Å². The molecular weight excluding hydrogens is 743 g/mol. The van der Waals surface area contributed by atoms with Crippen molar-refractivity contribution in [3.63, 3.8) is 0 Å². The van der Waals surface area contributed by atoms with Gasteiger partial charge in [0.2, 0.25) is 0 Å². The smallest absolute Gasteiger partial charge is 0.462 e. The van der Waals surface area contributed by atoms with Crippen LogP contribution in [0.4, 0.5) is 0 Å². The number of rotatable bonds is 39. The maximum atomic E-state index is 12.6. The fourth-order valence-corrected chi connectivity index (χ4v) is 6.01. The van der Waals surface area contributed by atoms with Crippen molar-refractivity contribution in [3.8, 4) is 0 Å². The molecule has 1 unspecified atom stereocenters. The van der Waals surface area contributed by atoms with Gasteiger partial charge >= 0.3 is 19.8 Å². The molecule has 3 N–H and O–H groups in total. The molecule has 0 radical (unpaired) electrons. The number of ether oxygens (including phenoxy) is 2. The minimum Gasteiger partial charge on any atom is -0.462 e. The Morgan fingerprint density at radius 2 is 0.965 bits per heavy atom. The summed E-state index contributed by atoms with van der Waals surface area (Å²) >= 11 is 0. The van der Waals surface area contributed by atoms with Gasteiger partial charge in [-0.2, -0.15) is 0 Å². The second kappa shape index (κ2) is 41.3. The molecule has 0 aliphatic heterocycles. The Bertz CT molecular complexity index is 1220. The van der Waals surface area contributed by atoms with Gasteiger partial charge in [-0.05, 0) is 89.9 Å². The number of esters is 2. The van der Waals surface area contributed by atoms with Crippen LogP contribution in [0.2, 0.25) is 0 Å². The van der Waals surface area contributed by atoms with Crippen molar-refractivity contribution in [2.24, 2.45) is 0 Å². The van der Waals surface area contributed by atoms with E-state index in [2.05, 4.69) is 103 Å². The summed E-state index contributed by atoms with van der Waals surface area (Å²) in [7, 11) is -4.64. The van der Waals surface area contributed by atoms with Gasteiger partial charge in [-0.1, -0.05) is 137 Å². The first-order valence-electron chi connectivity index (χ1n) is 21.5. The number of aliphatic hydroxyl groups excluding tert-OH is 2. The molecule has 0 fully saturated rings. The lowest BCUT2D eigenvalue weighted by Crippen LogP contribution is -2.29. The number of phosphoric ester groups is 1. The monoisotopic (exact) mass is 821 g/mol. The Balaban J connectivity index is 4.40. The molecule has 0 amide bonds. The Hall–Kier alpha value is -2.85. The zero-order valence-electron chi connectivity index (χ0n) is 35.3. The third-order valence-electron chi connectivity index (χ3n) is 8.53. The summed E-state index contributed by atoms with van der Waals surface area (Å²) in [6.07, 6.45) is 48.3. The number of carbonyl (C=O) groups excluding carboxylic acids is 2. The molecule has 57 heavy (non-hydrogen) atoms. The summed E-state index contributed by atoms with van der Waals surface area (Å²) in [5.41, 5.74) is 0. The van der Waals surface area contributed by atoms with E-state index in [1.54, 1.807) is 0 Å². The van der Waals surface area contributed by atoms with Gasteiger partial charge in [0.25, 0.3) is 0 Å². The third-order valence-corrected chi connectivity index (χ3v) is 9.48. The summed E-state index contributed by atoms with van der Waals surface area (Å²) in [5.74, 6) is -0.989. The molecule has 0 bridgehead atoms. The van der Waals surface area contributed by atoms with Crippen molar-refractivity contribution in [3.05, 3.63) is 85.1 Å². The molecule has 11 heteroatoms. The topological polar surface area (TPSA) is 149 Å². The Morgan fingerprint density at radius 3 is 1.47 bits per heavy atom. The molecule has 0 aliphatic rings. The van der Waals surface area contributed by atoms with Gasteiger partial charge in [0.05, 0.1) is 19.8 Å². The largest absolute Gasteiger partial charge is 0.472 e. The summed E-state index contributed by atoms with van der Waals surface area (Å²) in [4.78, 5) is 35.0. The minimum atomic E-state index is -4.64. The lowest BCUT2D eigenvalue weighted by atomic mass is 10.1. The second-order valence-corrected chi connectivity index (χ2v) is 15.4. The molecular formula is C46H77O10P. The van der Waals surface area contributed by atoms with E-state index in [-0.39, 0.29) is 19.4 Å². The van der Waals surface area contributed by atoms with Crippen LogP contribution in [-0.4, -0.2) is 65.7 Å². The maximum Gasteiger partial charge on any atom is 0.472 e. The summed E-state index contributed by atoms with van der Waals surface area (Å²) in [6, 6.07) is 0. The van der Waals surface area contributed by atoms with Gasteiger partial charge in [0.1, 0.15) is 12.7 Å². The quantitative estimate of drug-likeness (QED) is 0.0237. The number of allylic oxidation sites excluding steroid dienone is 14. The molecule has 0 aliphatic carbocycles. The van der Waals surface area contributed by atoms with Crippen molar-refractivity contribution in [1.29, 1.82) is 0 Å². The number of aliphatic hydroxyl groups is 2. The number of carbonyl (C=O) groups is 2. The van der Waals surface area contributed by atoms with Gasteiger partial charge in [0.15, 0.2) is 6.10 Å². The molecule has 0 saturated heterocycles. The van der Waals surface area contributed by atoms with E-state index in [4.69, 9.17) is 19.1 Å². The van der Waals surface area contributed by atoms with Crippen LogP contribution >= 0.6 is 7.82 Å². The van der Waals surface area contributed by atoms with Crippen LogP contribution in [0.15, 0.2) is 85.1 Å². The van der Waals surface area contributed by atoms with E-state index in [1.807, 2.05) is 0 Å². The summed E-state index contributed by atoms with van der Waals surface area (Å²) in [5, 5.41) is 18.3. The van der Waals surface area contributed by atoms with Crippen molar-refractivity contribution in [2.45, 2.75) is 167 Å². The first-order chi connectivity index (χ1) is 27.7. The SMILES string of the molecule is CC/C=C\C/C=C\C/C=C\CCCCCCCC(=O)O[C@H](COC(=O)CCCCC/C=C\C/C=C\C/C=C\C/C=C\CCCCC)COP(=O)(O)OC[C@@H](O)CO. The predicted octanol–water partition coefficient (Wildman–Crippen LogP) is 11.4. The van der Waals surface area contributed by atoms with Crippen LogP contribution in [0.5, 0.6) is 0 Å². The average molecular weight is 821 g/mol. The van der Waals surface area contributed by atoms with Gasteiger partial charge in [-0.25, -0.2) is 4.57 Å². The van der Waals surface area contributed by atoms with Crippen LogP contribution in [0, 0.1) is 0 Å². The number of unbranched alkanes of at least 4 members (excludes halogenated alkanes) is 11. The van der Waals surface area contributed by atoms with Crippen LogP contribution < -0.4 is 0 Å². The second-order valence-electron chi connectivity index (χ2n) is 14.0. The minimum absolute atomic E-state index is 0.152. The molecule has 326 valence electrons. The van der Waals surface area contributed by atoms with Crippen molar-refractivity contribution in [2.75, 3.05) is 26.4 Å². The molecule has 3 atom stereocenters. The maximum absolute atomic E-state index is 12.6. The van der Waals surface area contributed by atoms with Crippen LogP contribution in [-0.2, 0) is 32.7 Å². The first kappa shape index (κ1) is 54.2. The zero-order valence-corrected chi connectivity index (χ0v) is 36.2. The van der Waals surface area contributed by atoms with Gasteiger partial charge in [-0.15, -0.1) is 0 Å². The number of hydrogen-bond donors (Lipinski definition) is 3. The van der Waals surface area contributed by atoms with E-state index < -0.39 is 51.8 Å². The molecule has 0 aromatic heterocycles. The molecule has 0 aromatic carbocycles. The zero-order chi connectivity index (χ0) is 41.9. The van der Waals surface area contributed by atoms with Crippen LogP contribution in [0.3, 0.4) is 0 Å². The highest BCUT2D eigenvalue weighted by atomic mass is 31.2. The Labute approximate surface area is 345 Å². The van der Waals surface area contributed by atoms with Crippen molar-refractivity contribution in [1.82, 2.24) is 0 Å². The van der Waals surface area contributed by atoms with Gasteiger partial charge in [0, 0.05) is 12.8 Å². The Kier molecular flexibility index (Phi) is 39.2. The lowest BCUT2D eigenvalue weighted by Gasteiger charge is -2.20. The molecule has 0 saturated carbocycles. The fraction of sp³-hybridized carbons (Fsp3) is 0.652. The molecule has 0 aromatic rings. The van der Waals surface area contributed by atoms with Crippen molar-refractivity contribution >= 4 is 19.8 Å². The molecule has 0 heterocycles. The third kappa shape index (κ3) is 41.1. The molecule has 10 nitrogen and oxygen atoms in total. The highest BCUT2D eigenvalue weighted by Gasteiger charge is 2.27. The van der Waals surface area contributed by atoms with E-state index >= 15 is 0 Å². The average Bonchev–Trinajstić information content (AvgIpc) is 3.20. The number of hydrogen-bond acceptors (Lipinski definition) is 9. The van der Waals surface area contributed by atoms with E-state index in [9.17, 15) is 24.2 Å².